The number of nitrogens with one attached hydrogen (secondary N) is 4. The fourth-order valence-electron chi connectivity index (χ4n) is 2.99. The molecule has 0 unspecified atom stereocenters. The average molecular weight is 507 g/mol. The van der Waals surface area contributed by atoms with Crippen LogP contribution in [0, 0.1) is 0 Å². The first-order chi connectivity index (χ1) is 16.2. The van der Waals surface area contributed by atoms with Gasteiger partial charge in [-0.2, -0.15) is 13.2 Å². The average Bonchev–Trinajstić information content (AvgIpc) is 3.32. The number of aromatic amines is 1. The number of alkyl halides is 3. The third kappa shape index (κ3) is 5.59. The molecule has 0 saturated carbocycles. The highest BCUT2D eigenvalue weighted by Crippen LogP contribution is 2.36. The van der Waals surface area contributed by atoms with Crippen LogP contribution < -0.4 is 16.0 Å². The van der Waals surface area contributed by atoms with Gasteiger partial charge in [0, 0.05) is 23.8 Å². The molecule has 2 aromatic heterocycles. The van der Waals surface area contributed by atoms with Crippen molar-refractivity contribution in [1.29, 1.82) is 0 Å². The second-order valence-corrected chi connectivity index (χ2v) is 7.75. The molecule has 0 aliphatic heterocycles. The zero-order valence-electron chi connectivity index (χ0n) is 17.0. The van der Waals surface area contributed by atoms with Crippen molar-refractivity contribution in [1.82, 2.24) is 15.0 Å². The van der Waals surface area contributed by atoms with Crippen LogP contribution in [0.25, 0.3) is 11.4 Å². The zero-order valence-corrected chi connectivity index (χ0v) is 18.6. The molecule has 4 aromatic rings. The first kappa shape index (κ1) is 23.4. The van der Waals surface area contributed by atoms with Crippen molar-refractivity contribution in [2.45, 2.75) is 6.18 Å². The number of hydrogen-bond donors (Lipinski definition) is 4. The van der Waals surface area contributed by atoms with E-state index < -0.39 is 22.8 Å². The lowest BCUT2D eigenvalue weighted by molar-refractivity contribution is -0.137. The minimum atomic E-state index is -4.65. The number of benzene rings is 2. The van der Waals surface area contributed by atoms with Gasteiger partial charge in [0.1, 0.15) is 0 Å². The van der Waals surface area contributed by atoms with E-state index in [2.05, 4.69) is 30.9 Å². The van der Waals surface area contributed by atoms with Gasteiger partial charge in [-0.05, 0) is 54.6 Å². The summed E-state index contributed by atoms with van der Waals surface area (Å²) >= 11 is 11.9. The van der Waals surface area contributed by atoms with E-state index in [1.165, 1.54) is 18.2 Å². The van der Waals surface area contributed by atoms with Gasteiger partial charge >= 0.3 is 12.2 Å². The molecule has 0 aliphatic carbocycles. The number of H-pyrrole nitrogens is 1. The maximum absolute atomic E-state index is 13.0. The maximum atomic E-state index is 13.0. The number of carbonyl (C=O) groups excluding carboxylic acids is 1. The summed E-state index contributed by atoms with van der Waals surface area (Å²) in [4.78, 5) is 24.0. The predicted molar refractivity (Wildman–Crippen MR) is 126 cm³/mol. The van der Waals surface area contributed by atoms with Gasteiger partial charge in [-0.1, -0.05) is 23.2 Å². The first-order valence-electron chi connectivity index (χ1n) is 9.67. The van der Waals surface area contributed by atoms with Crippen LogP contribution in [0.5, 0.6) is 0 Å². The molecule has 34 heavy (non-hydrogen) atoms. The summed E-state index contributed by atoms with van der Waals surface area (Å²) in [6.45, 7) is 0. The number of aromatic nitrogens is 3. The number of carbonyl (C=O) groups is 1. The van der Waals surface area contributed by atoms with Crippen LogP contribution in [0.2, 0.25) is 10.0 Å². The molecule has 7 nitrogen and oxygen atoms in total. The van der Waals surface area contributed by atoms with Crippen molar-refractivity contribution < 1.29 is 18.0 Å². The fourth-order valence-corrected chi connectivity index (χ4v) is 3.38. The van der Waals surface area contributed by atoms with Gasteiger partial charge in [0.25, 0.3) is 0 Å². The van der Waals surface area contributed by atoms with E-state index in [4.69, 9.17) is 23.2 Å². The maximum Gasteiger partial charge on any atom is 0.417 e. The summed E-state index contributed by atoms with van der Waals surface area (Å²) in [6.07, 6.45) is -1.30. The van der Waals surface area contributed by atoms with Gasteiger partial charge in [0.05, 0.1) is 32.7 Å². The highest BCUT2D eigenvalue weighted by Gasteiger charge is 2.33. The van der Waals surface area contributed by atoms with Gasteiger partial charge in [0.15, 0.2) is 0 Å². The summed E-state index contributed by atoms with van der Waals surface area (Å²) in [5.74, 6) is 0.274. The Labute approximate surface area is 201 Å². The van der Waals surface area contributed by atoms with Gasteiger partial charge < -0.3 is 20.9 Å². The smallest absolute Gasteiger partial charge is 0.360 e. The lowest BCUT2D eigenvalue weighted by Gasteiger charge is -2.13. The minimum Gasteiger partial charge on any atom is -0.360 e. The molecule has 174 valence electrons. The lowest BCUT2D eigenvalue weighted by Crippen LogP contribution is -2.20. The molecule has 0 atom stereocenters. The molecule has 0 saturated heterocycles. The molecule has 2 aromatic carbocycles. The molecule has 2 amide bonds. The van der Waals surface area contributed by atoms with Gasteiger partial charge in [-0.25, -0.2) is 14.8 Å². The van der Waals surface area contributed by atoms with E-state index in [9.17, 15) is 18.0 Å². The molecule has 12 heteroatoms. The summed E-state index contributed by atoms with van der Waals surface area (Å²) in [7, 11) is 0. The molecule has 0 spiro atoms. The lowest BCUT2D eigenvalue weighted by atomic mass is 10.2. The van der Waals surface area contributed by atoms with Crippen molar-refractivity contribution in [3.63, 3.8) is 0 Å². The van der Waals surface area contributed by atoms with Gasteiger partial charge in [-0.3, -0.25) is 0 Å². The van der Waals surface area contributed by atoms with Crippen LogP contribution in [0.4, 0.5) is 41.0 Å². The monoisotopic (exact) mass is 506 g/mol. The minimum absolute atomic E-state index is 0.0731. The third-order valence-electron chi connectivity index (χ3n) is 4.53. The Morgan fingerprint density at radius 3 is 2.32 bits per heavy atom. The molecule has 0 fully saturated rings. The zero-order chi connectivity index (χ0) is 24.3. The van der Waals surface area contributed by atoms with E-state index >= 15 is 0 Å². The topological polar surface area (TPSA) is 94.7 Å². The van der Waals surface area contributed by atoms with Crippen molar-refractivity contribution in [2.24, 2.45) is 0 Å². The summed E-state index contributed by atoms with van der Waals surface area (Å²) in [6, 6.07) is 12.4. The number of urea groups is 1. The second-order valence-electron chi connectivity index (χ2n) is 6.94. The van der Waals surface area contributed by atoms with Crippen LogP contribution in [-0.2, 0) is 6.18 Å². The van der Waals surface area contributed by atoms with Crippen molar-refractivity contribution >= 4 is 52.2 Å². The van der Waals surface area contributed by atoms with Crippen LogP contribution in [0.15, 0.2) is 67.0 Å². The number of amides is 2. The van der Waals surface area contributed by atoms with Crippen LogP contribution in [-0.4, -0.2) is 21.0 Å². The first-order valence-corrected chi connectivity index (χ1v) is 10.4. The molecule has 0 radical (unpaired) electrons. The highest BCUT2D eigenvalue weighted by molar-refractivity contribution is 6.33. The van der Waals surface area contributed by atoms with E-state index in [0.29, 0.717) is 22.1 Å². The number of hydrogen-bond acceptors (Lipinski definition) is 4. The number of halogens is 5. The Morgan fingerprint density at radius 1 is 0.941 bits per heavy atom. The second kappa shape index (κ2) is 9.62. The molecule has 0 aliphatic rings. The predicted octanol–water partition coefficient (Wildman–Crippen LogP) is 7.18. The van der Waals surface area contributed by atoms with Crippen molar-refractivity contribution in [2.75, 3.05) is 16.0 Å². The number of nitrogens with zero attached hydrogens (tertiary/aromatic N) is 2. The Balaban J connectivity index is 1.48. The summed E-state index contributed by atoms with van der Waals surface area (Å²) in [5, 5.41) is 7.75. The van der Waals surface area contributed by atoms with Gasteiger partial charge in [0.2, 0.25) is 5.95 Å². The van der Waals surface area contributed by atoms with E-state index in [-0.39, 0.29) is 11.6 Å². The highest BCUT2D eigenvalue weighted by atomic mass is 35.5. The molecular weight excluding hydrogens is 492 g/mol. The Kier molecular flexibility index (Phi) is 6.62. The SMILES string of the molecule is O=C(Nc1ccc(Cl)c(Nc2nccc(-c3ccc[nH]3)n2)c1)Nc1ccc(Cl)c(C(F)(F)F)c1. The molecule has 2 heterocycles. The summed E-state index contributed by atoms with van der Waals surface area (Å²) < 4.78 is 39.1. The molecular formula is C22H15Cl2F3N6O. The molecule has 4 N–H and O–H groups in total. The van der Waals surface area contributed by atoms with E-state index in [1.54, 1.807) is 24.5 Å². The summed E-state index contributed by atoms with van der Waals surface area (Å²) in [5.41, 5.74) is 1.08. The number of anilines is 4. The quantitative estimate of drug-likeness (QED) is 0.230. The van der Waals surface area contributed by atoms with Gasteiger partial charge in [-0.15, -0.1) is 0 Å². The fraction of sp³-hybridized carbons (Fsp3) is 0.0455. The van der Waals surface area contributed by atoms with E-state index in [1.807, 2.05) is 12.1 Å². The van der Waals surface area contributed by atoms with Crippen molar-refractivity contribution in [3.8, 4) is 11.4 Å². The standard InChI is InChI=1S/C22H15Cl2F3N6O/c23-15-5-3-12(10-14(15)22(25,26)27)30-21(34)31-13-4-6-16(24)19(11-13)33-20-29-9-7-18(32-20)17-2-1-8-28-17/h1-11,28H,(H,29,32,33)(H2,30,31,34). The molecule has 0 bridgehead atoms. The van der Waals surface area contributed by atoms with Crippen molar-refractivity contribution in [3.05, 3.63) is 82.6 Å². The van der Waals surface area contributed by atoms with E-state index in [0.717, 1.165) is 17.8 Å². The Bertz CT molecular complexity index is 1330. The normalized spacial score (nSPS) is 11.2. The molecule has 4 rings (SSSR count). The Hall–Kier alpha value is -3.76. The Morgan fingerprint density at radius 2 is 1.65 bits per heavy atom. The number of rotatable bonds is 5. The van der Waals surface area contributed by atoms with Crippen LogP contribution >= 0.6 is 23.2 Å². The van der Waals surface area contributed by atoms with Crippen LogP contribution in [0.1, 0.15) is 5.56 Å². The van der Waals surface area contributed by atoms with Crippen LogP contribution in [0.3, 0.4) is 0 Å². The largest absolute Gasteiger partial charge is 0.417 e. The third-order valence-corrected chi connectivity index (χ3v) is 5.19.